The van der Waals surface area contributed by atoms with Gasteiger partial charge in [-0.25, -0.2) is 19.2 Å². The van der Waals surface area contributed by atoms with Crippen LogP contribution in [-0.4, -0.2) is 69.6 Å². The predicted molar refractivity (Wildman–Crippen MR) is 175 cm³/mol. The summed E-state index contributed by atoms with van der Waals surface area (Å²) in [7, 11) is 0. The van der Waals surface area contributed by atoms with E-state index in [0.29, 0.717) is 5.56 Å². The molecule has 2 aliphatic heterocycles. The molecule has 2 fully saturated rings. The average molecular weight is 690 g/mol. The molecule has 1 N–H and O–H groups in total. The number of piperazine rings is 1. The fourth-order valence-electron chi connectivity index (χ4n) is 6.22. The van der Waals surface area contributed by atoms with Gasteiger partial charge in [-0.3, -0.25) is 9.59 Å². The topological polar surface area (TPSA) is 85.4 Å². The Hall–Kier alpha value is -5.27. The van der Waals surface area contributed by atoms with Crippen molar-refractivity contribution in [2.24, 2.45) is 0 Å². The third kappa shape index (κ3) is 8.12. The van der Waals surface area contributed by atoms with Gasteiger partial charge in [0, 0.05) is 19.6 Å². The number of halogens is 4. The third-order valence-corrected chi connectivity index (χ3v) is 8.62. The lowest BCUT2D eigenvalue weighted by Gasteiger charge is -2.55. The molecule has 4 aromatic carbocycles. The molecule has 4 amide bonds. The molecule has 0 radical (unpaired) electrons. The van der Waals surface area contributed by atoms with Gasteiger partial charge >= 0.3 is 12.2 Å². The van der Waals surface area contributed by atoms with Gasteiger partial charge in [0.05, 0.1) is 31.9 Å². The number of ether oxygens (including phenoxy) is 1. The van der Waals surface area contributed by atoms with E-state index < -0.39 is 47.6 Å². The highest BCUT2D eigenvalue weighted by molar-refractivity contribution is 5.91. The van der Waals surface area contributed by atoms with E-state index in [1.165, 1.54) is 44.1 Å². The summed E-state index contributed by atoms with van der Waals surface area (Å²) < 4.78 is 60.5. The summed E-state index contributed by atoms with van der Waals surface area (Å²) in [6.45, 7) is -0.510. The van der Waals surface area contributed by atoms with E-state index in [1.54, 1.807) is 12.1 Å². The highest BCUT2D eigenvalue weighted by Crippen LogP contribution is 2.32. The SMILES string of the molecule is O=C1[C@H](COCc2ccccc2)N2C(=O)CN(Cc3ccc(F)cc3)N(C(=O)NCc3ccccc3)C2CN1Cc1cccc(C(F)(F)F)c1. The minimum absolute atomic E-state index is 0.0614. The Labute approximate surface area is 286 Å². The minimum atomic E-state index is -4.59. The molecule has 13 heteroatoms. The molecule has 0 saturated carbocycles. The third-order valence-electron chi connectivity index (χ3n) is 8.62. The molecule has 2 heterocycles. The van der Waals surface area contributed by atoms with Crippen LogP contribution in [-0.2, 0) is 46.7 Å². The molecule has 9 nitrogen and oxygen atoms in total. The monoisotopic (exact) mass is 689 g/mol. The summed E-state index contributed by atoms with van der Waals surface area (Å²) in [6.07, 6.45) is -5.63. The van der Waals surface area contributed by atoms with Gasteiger partial charge in [-0.2, -0.15) is 13.2 Å². The van der Waals surface area contributed by atoms with Gasteiger partial charge < -0.3 is 19.9 Å². The Morgan fingerprint density at radius 2 is 1.46 bits per heavy atom. The number of hydrazine groups is 1. The summed E-state index contributed by atoms with van der Waals surface area (Å²) in [6, 6.07) is 27.1. The van der Waals surface area contributed by atoms with Crippen LogP contribution in [0.2, 0.25) is 0 Å². The maximum atomic E-state index is 14.1. The summed E-state index contributed by atoms with van der Waals surface area (Å²) >= 11 is 0. The number of alkyl halides is 3. The van der Waals surface area contributed by atoms with Gasteiger partial charge in [-0.15, -0.1) is 0 Å². The van der Waals surface area contributed by atoms with Crippen LogP contribution in [0.5, 0.6) is 0 Å². The fraction of sp³-hybridized carbons (Fsp3) is 0.270. The van der Waals surface area contributed by atoms with E-state index in [0.717, 1.165) is 23.3 Å². The quantitative estimate of drug-likeness (QED) is 0.220. The number of carbonyl (C=O) groups is 3. The number of fused-ring (bicyclic) bond motifs is 1. The summed E-state index contributed by atoms with van der Waals surface area (Å²) in [4.78, 5) is 44.9. The van der Waals surface area contributed by atoms with E-state index in [1.807, 2.05) is 60.7 Å². The summed E-state index contributed by atoms with van der Waals surface area (Å²) in [5.41, 5.74) is 1.67. The van der Waals surface area contributed by atoms with Crippen LogP contribution in [0, 0.1) is 5.82 Å². The molecule has 2 saturated heterocycles. The Bertz CT molecular complexity index is 1790. The maximum Gasteiger partial charge on any atom is 0.416 e. The van der Waals surface area contributed by atoms with E-state index in [2.05, 4.69) is 5.32 Å². The zero-order chi connectivity index (χ0) is 35.3. The molecular weight excluding hydrogens is 654 g/mol. The van der Waals surface area contributed by atoms with Gasteiger partial charge in [0.15, 0.2) is 0 Å². The largest absolute Gasteiger partial charge is 0.416 e. The molecule has 0 aromatic heterocycles. The average Bonchev–Trinajstić information content (AvgIpc) is 3.10. The lowest BCUT2D eigenvalue weighted by atomic mass is 10.0. The number of nitrogens with zero attached hydrogens (tertiary/aromatic N) is 4. The molecule has 2 aliphatic rings. The Kier molecular flexibility index (Phi) is 10.4. The fourth-order valence-corrected chi connectivity index (χ4v) is 6.22. The number of benzene rings is 4. The molecule has 0 aliphatic carbocycles. The van der Waals surface area contributed by atoms with E-state index in [4.69, 9.17) is 4.74 Å². The standard InChI is InChI=1S/C37H35F4N5O4/c38-31-16-14-27(15-17-31)21-44-23-34(47)45-32(25-50-24-28-10-5-2-6-11-28)35(48)43(20-29-12-7-13-30(18-29)37(39,40)41)22-33(45)46(44)36(49)42-19-26-8-3-1-4-9-26/h1-18,32-33H,19-25H2,(H,42,49)/t32-,33?/m0/s1. The van der Waals surface area contributed by atoms with Crippen LogP contribution in [0.1, 0.15) is 27.8 Å². The zero-order valence-electron chi connectivity index (χ0n) is 26.9. The van der Waals surface area contributed by atoms with Crippen LogP contribution >= 0.6 is 0 Å². The van der Waals surface area contributed by atoms with Gasteiger partial charge in [-0.05, 0) is 46.5 Å². The summed E-state index contributed by atoms with van der Waals surface area (Å²) in [5, 5.41) is 5.83. The summed E-state index contributed by atoms with van der Waals surface area (Å²) in [5.74, 6) is -1.40. The first-order chi connectivity index (χ1) is 24.1. The lowest BCUT2D eigenvalue weighted by molar-refractivity contribution is -0.196. The molecule has 0 bridgehead atoms. The molecule has 4 aromatic rings. The second-order valence-electron chi connectivity index (χ2n) is 12.2. The highest BCUT2D eigenvalue weighted by atomic mass is 19.4. The Balaban J connectivity index is 1.34. The smallest absolute Gasteiger partial charge is 0.374 e. The second-order valence-corrected chi connectivity index (χ2v) is 12.2. The van der Waals surface area contributed by atoms with E-state index in [-0.39, 0.29) is 51.5 Å². The van der Waals surface area contributed by atoms with Crippen LogP contribution in [0.3, 0.4) is 0 Å². The van der Waals surface area contributed by atoms with Crippen LogP contribution < -0.4 is 5.32 Å². The molecule has 1 unspecified atom stereocenters. The molecular formula is C37H35F4N5O4. The van der Waals surface area contributed by atoms with Crippen molar-refractivity contribution in [3.63, 3.8) is 0 Å². The van der Waals surface area contributed by atoms with Crippen LogP contribution in [0.15, 0.2) is 109 Å². The van der Waals surface area contributed by atoms with Crippen molar-refractivity contribution in [1.29, 1.82) is 0 Å². The number of urea groups is 1. The van der Waals surface area contributed by atoms with Gasteiger partial charge in [0.25, 0.3) is 0 Å². The highest BCUT2D eigenvalue weighted by Gasteiger charge is 2.51. The number of carbonyl (C=O) groups excluding carboxylic acids is 3. The normalized spacial score (nSPS) is 18.3. The number of nitrogens with one attached hydrogen (secondary N) is 1. The van der Waals surface area contributed by atoms with E-state index in [9.17, 15) is 31.9 Å². The second kappa shape index (κ2) is 15.1. The number of hydrogen-bond donors (Lipinski definition) is 1. The molecule has 6 rings (SSSR count). The van der Waals surface area contributed by atoms with Crippen LogP contribution in [0.4, 0.5) is 22.4 Å². The van der Waals surface area contributed by atoms with Crippen molar-refractivity contribution < 1.29 is 36.7 Å². The number of hydrogen-bond acceptors (Lipinski definition) is 5. The molecule has 50 heavy (non-hydrogen) atoms. The Morgan fingerprint density at radius 3 is 2.14 bits per heavy atom. The van der Waals surface area contributed by atoms with E-state index >= 15 is 0 Å². The lowest BCUT2D eigenvalue weighted by Crippen LogP contribution is -2.76. The maximum absolute atomic E-state index is 14.1. The number of rotatable bonds is 10. The minimum Gasteiger partial charge on any atom is -0.374 e. The van der Waals surface area contributed by atoms with Gasteiger partial charge in [-0.1, -0.05) is 84.9 Å². The van der Waals surface area contributed by atoms with Gasteiger partial charge in [0.2, 0.25) is 11.8 Å². The van der Waals surface area contributed by atoms with Gasteiger partial charge in [0.1, 0.15) is 18.0 Å². The van der Waals surface area contributed by atoms with Crippen molar-refractivity contribution in [3.05, 3.63) is 143 Å². The molecule has 0 spiro atoms. The zero-order valence-corrected chi connectivity index (χ0v) is 26.9. The molecule has 260 valence electrons. The van der Waals surface area contributed by atoms with Crippen molar-refractivity contribution in [2.45, 2.75) is 44.6 Å². The van der Waals surface area contributed by atoms with Crippen molar-refractivity contribution in [2.75, 3.05) is 19.7 Å². The van der Waals surface area contributed by atoms with Crippen LogP contribution in [0.25, 0.3) is 0 Å². The van der Waals surface area contributed by atoms with Crippen molar-refractivity contribution >= 4 is 17.8 Å². The van der Waals surface area contributed by atoms with Crippen molar-refractivity contribution in [1.82, 2.24) is 25.1 Å². The first-order valence-corrected chi connectivity index (χ1v) is 16.0. The van der Waals surface area contributed by atoms with Crippen molar-refractivity contribution in [3.8, 4) is 0 Å². The predicted octanol–water partition coefficient (Wildman–Crippen LogP) is 5.57. The first-order valence-electron chi connectivity index (χ1n) is 16.0. The molecule has 2 atom stereocenters. The first kappa shape index (κ1) is 34.6. The number of amides is 4. The Morgan fingerprint density at radius 1 is 0.800 bits per heavy atom.